The highest BCUT2D eigenvalue weighted by molar-refractivity contribution is 5.38. The quantitative estimate of drug-likeness (QED) is 0.704. The van der Waals surface area contributed by atoms with E-state index in [1.165, 1.54) is 11.1 Å². The summed E-state index contributed by atoms with van der Waals surface area (Å²) in [4.78, 5) is 4.55. The van der Waals surface area contributed by atoms with Gasteiger partial charge in [0, 0.05) is 13.6 Å². The highest BCUT2D eigenvalue weighted by atomic mass is 16.3. The van der Waals surface area contributed by atoms with Gasteiger partial charge in [-0.2, -0.15) is 0 Å². The van der Waals surface area contributed by atoms with E-state index in [9.17, 15) is 5.11 Å². The Bertz CT molecular complexity index is 494. The third-order valence-corrected chi connectivity index (χ3v) is 3.93. The van der Waals surface area contributed by atoms with Crippen LogP contribution in [-0.2, 0) is 5.60 Å². The molecule has 0 fully saturated rings. The van der Waals surface area contributed by atoms with Gasteiger partial charge in [0.25, 0.3) is 0 Å². The summed E-state index contributed by atoms with van der Waals surface area (Å²) >= 11 is 0. The Morgan fingerprint density at radius 2 is 2.05 bits per heavy atom. The molecule has 2 rings (SSSR count). The van der Waals surface area contributed by atoms with Crippen LogP contribution in [0.3, 0.4) is 0 Å². The first-order chi connectivity index (χ1) is 8.90. The molecular formula is C15H23N3O. The van der Waals surface area contributed by atoms with Gasteiger partial charge in [0.15, 0.2) is 0 Å². The lowest BCUT2D eigenvalue weighted by molar-refractivity contribution is 0.0436. The lowest BCUT2D eigenvalue weighted by Crippen LogP contribution is -2.36. The van der Waals surface area contributed by atoms with Crippen molar-refractivity contribution in [2.75, 3.05) is 18.6 Å². The Morgan fingerprint density at radius 1 is 1.32 bits per heavy atom. The van der Waals surface area contributed by atoms with Crippen molar-refractivity contribution in [3.05, 3.63) is 35.0 Å². The first-order valence-corrected chi connectivity index (χ1v) is 6.72. The number of hydrogen-bond acceptors (Lipinski definition) is 4. The van der Waals surface area contributed by atoms with Gasteiger partial charge < -0.3 is 5.11 Å². The summed E-state index contributed by atoms with van der Waals surface area (Å²) in [6, 6.07) is 5.77. The van der Waals surface area contributed by atoms with E-state index in [4.69, 9.17) is 0 Å². The predicted molar refractivity (Wildman–Crippen MR) is 77.8 cm³/mol. The summed E-state index contributed by atoms with van der Waals surface area (Å²) < 4.78 is 0. The minimum absolute atomic E-state index is 0.691. The Hall–Kier alpha value is -1.39. The van der Waals surface area contributed by atoms with E-state index in [1.807, 2.05) is 37.2 Å². The van der Waals surface area contributed by atoms with Crippen molar-refractivity contribution in [2.24, 2.45) is 0 Å². The van der Waals surface area contributed by atoms with Gasteiger partial charge in [-0.1, -0.05) is 17.2 Å². The number of hydrazine groups is 1. The highest BCUT2D eigenvalue weighted by Crippen LogP contribution is 2.28. The molecule has 0 radical (unpaired) electrons. The van der Waals surface area contributed by atoms with Crippen molar-refractivity contribution >= 4 is 5.82 Å². The Kier molecular flexibility index (Phi) is 3.92. The molecule has 19 heavy (non-hydrogen) atoms. The molecule has 4 heteroatoms. The van der Waals surface area contributed by atoms with E-state index < -0.39 is 5.60 Å². The van der Waals surface area contributed by atoms with E-state index in [1.54, 1.807) is 0 Å². The third kappa shape index (κ3) is 3.14. The fourth-order valence-electron chi connectivity index (χ4n) is 2.15. The lowest BCUT2D eigenvalue weighted by atomic mass is 9.92. The maximum absolute atomic E-state index is 10.6. The van der Waals surface area contributed by atoms with Crippen molar-refractivity contribution in [1.29, 1.82) is 0 Å². The molecule has 1 unspecified atom stereocenters. The highest BCUT2D eigenvalue weighted by Gasteiger charge is 2.25. The number of hydrogen-bond donors (Lipinski definition) is 2. The van der Waals surface area contributed by atoms with Crippen molar-refractivity contribution in [3.8, 4) is 0 Å². The maximum atomic E-state index is 10.6. The molecular weight excluding hydrogens is 238 g/mol. The van der Waals surface area contributed by atoms with Crippen LogP contribution in [0, 0.1) is 0 Å². The topological polar surface area (TPSA) is 48.4 Å². The van der Waals surface area contributed by atoms with Crippen molar-refractivity contribution in [1.82, 2.24) is 10.4 Å². The number of anilines is 1. The van der Waals surface area contributed by atoms with Crippen LogP contribution in [0.4, 0.5) is 5.82 Å². The van der Waals surface area contributed by atoms with Gasteiger partial charge in [-0.15, -0.1) is 0 Å². The van der Waals surface area contributed by atoms with Gasteiger partial charge in [-0.3, -0.25) is 5.01 Å². The van der Waals surface area contributed by atoms with Crippen LogP contribution in [0.15, 0.2) is 29.3 Å². The van der Waals surface area contributed by atoms with Crippen molar-refractivity contribution < 1.29 is 5.11 Å². The Balaban J connectivity index is 2.41. The van der Waals surface area contributed by atoms with Crippen LogP contribution in [0.5, 0.6) is 0 Å². The van der Waals surface area contributed by atoms with E-state index in [-0.39, 0.29) is 0 Å². The molecule has 0 spiro atoms. The van der Waals surface area contributed by atoms with Crippen LogP contribution in [-0.4, -0.2) is 23.7 Å². The predicted octanol–water partition coefficient (Wildman–Crippen LogP) is 2.36. The summed E-state index contributed by atoms with van der Waals surface area (Å²) in [6.07, 6.45) is 1.58. The molecule has 1 aromatic rings. The second-order valence-corrected chi connectivity index (χ2v) is 5.61. The number of fused-ring (bicyclic) bond motifs is 2. The van der Waals surface area contributed by atoms with Gasteiger partial charge in [-0.25, -0.2) is 10.4 Å². The van der Waals surface area contributed by atoms with Crippen LogP contribution in [0.25, 0.3) is 0 Å². The Labute approximate surface area is 115 Å². The second kappa shape index (κ2) is 5.31. The van der Waals surface area contributed by atoms with Crippen LogP contribution >= 0.6 is 0 Å². The number of allylic oxidation sites excluding steroid dienone is 1. The number of aromatic nitrogens is 1. The number of nitrogens with one attached hydrogen (secondary N) is 1. The third-order valence-electron chi connectivity index (χ3n) is 3.93. The largest absolute Gasteiger partial charge is 0.384 e. The molecule has 0 saturated heterocycles. The van der Waals surface area contributed by atoms with Gasteiger partial charge >= 0.3 is 0 Å². The summed E-state index contributed by atoms with van der Waals surface area (Å²) in [5.41, 5.74) is 5.82. The fourth-order valence-corrected chi connectivity index (χ4v) is 2.15. The molecule has 0 saturated carbocycles. The lowest BCUT2D eigenvalue weighted by Gasteiger charge is -2.24. The average molecular weight is 261 g/mol. The van der Waals surface area contributed by atoms with Crippen LogP contribution < -0.4 is 10.4 Å². The number of rotatable bonds is 0. The average Bonchev–Trinajstić information content (AvgIpc) is 2.41. The first-order valence-electron chi connectivity index (χ1n) is 6.72. The van der Waals surface area contributed by atoms with Crippen LogP contribution in [0.2, 0.25) is 0 Å². The smallest absolute Gasteiger partial charge is 0.142 e. The summed E-state index contributed by atoms with van der Waals surface area (Å²) in [5, 5.41) is 12.5. The standard InChI is InChI=1S/C15H23N3O/c1-11-8-9-15(3,19)13-6-5-7-14(17-13)18(4)16-10-12(11)2/h5-7,16,19H,8-10H2,1-4H3/b12-11-. The minimum Gasteiger partial charge on any atom is -0.384 e. The molecule has 0 aromatic carbocycles. The fraction of sp³-hybridized carbons (Fsp3) is 0.533. The zero-order chi connectivity index (χ0) is 14.0. The molecule has 1 atom stereocenters. The molecule has 1 aromatic heterocycles. The molecule has 2 heterocycles. The molecule has 0 aliphatic carbocycles. The zero-order valence-electron chi connectivity index (χ0n) is 12.2. The number of aliphatic hydroxyl groups is 1. The summed E-state index contributed by atoms with van der Waals surface area (Å²) in [5.74, 6) is 0.824. The monoisotopic (exact) mass is 261 g/mol. The number of pyridine rings is 1. The van der Waals surface area contributed by atoms with Gasteiger partial charge in [-0.05, 0) is 45.7 Å². The van der Waals surface area contributed by atoms with Gasteiger partial charge in [0.2, 0.25) is 0 Å². The van der Waals surface area contributed by atoms with Crippen molar-refractivity contribution in [2.45, 2.75) is 39.2 Å². The zero-order valence-corrected chi connectivity index (χ0v) is 12.2. The second-order valence-electron chi connectivity index (χ2n) is 5.61. The van der Waals surface area contributed by atoms with E-state index in [0.717, 1.165) is 24.5 Å². The molecule has 1 aliphatic heterocycles. The number of nitrogens with zero attached hydrogens (tertiary/aromatic N) is 2. The first kappa shape index (κ1) is 14.0. The van der Waals surface area contributed by atoms with Gasteiger partial charge in [0.1, 0.15) is 11.4 Å². The molecule has 2 N–H and O–H groups in total. The molecule has 4 nitrogen and oxygen atoms in total. The molecule has 2 bridgehead atoms. The molecule has 1 aliphatic rings. The van der Waals surface area contributed by atoms with Crippen LogP contribution in [0.1, 0.15) is 39.3 Å². The minimum atomic E-state index is -0.886. The Morgan fingerprint density at radius 3 is 2.79 bits per heavy atom. The maximum Gasteiger partial charge on any atom is 0.142 e. The molecule has 104 valence electrons. The molecule has 0 amide bonds. The summed E-state index contributed by atoms with van der Waals surface area (Å²) in [7, 11) is 1.95. The summed E-state index contributed by atoms with van der Waals surface area (Å²) in [6.45, 7) is 6.91. The van der Waals surface area contributed by atoms with Crippen molar-refractivity contribution in [3.63, 3.8) is 0 Å². The SMILES string of the molecule is C/C1=C(\C)CNN(C)c2cccc(n2)C(C)(O)CC1. The van der Waals surface area contributed by atoms with E-state index in [0.29, 0.717) is 6.42 Å². The van der Waals surface area contributed by atoms with E-state index >= 15 is 0 Å². The van der Waals surface area contributed by atoms with E-state index in [2.05, 4.69) is 24.3 Å². The van der Waals surface area contributed by atoms with Gasteiger partial charge in [0.05, 0.1) is 5.69 Å². The normalized spacial score (nSPS) is 29.0.